The van der Waals surface area contributed by atoms with Crippen LogP contribution < -0.4 is 5.32 Å². The molecule has 0 amide bonds. The maximum Gasteiger partial charge on any atom is 0.168 e. The molecule has 6 aromatic rings. The minimum Gasteiger partial charge on any atom is -0.365 e. The summed E-state index contributed by atoms with van der Waals surface area (Å²) in [5.74, 6) is -2.32. The number of hydrogen-bond acceptors (Lipinski definition) is 4. The van der Waals surface area contributed by atoms with Gasteiger partial charge in [-0.1, -0.05) is 110 Å². The van der Waals surface area contributed by atoms with Crippen LogP contribution >= 0.6 is 0 Å². The molecule has 0 bridgehead atoms. The van der Waals surface area contributed by atoms with Gasteiger partial charge in [0.1, 0.15) is 22.7 Å². The number of pyridine rings is 2. The van der Waals surface area contributed by atoms with Crippen molar-refractivity contribution in [1.82, 2.24) is 19.7 Å². The molecule has 0 saturated heterocycles. The van der Waals surface area contributed by atoms with E-state index >= 15 is 8.78 Å². The molecule has 3 heterocycles. The third-order valence-corrected chi connectivity index (χ3v) is 8.48. The molecule has 5 nitrogen and oxygen atoms in total. The average molecular weight is 590 g/mol. The van der Waals surface area contributed by atoms with Gasteiger partial charge in [-0.3, -0.25) is 0 Å². The average Bonchev–Trinajstić information content (AvgIpc) is 3.43. The fourth-order valence-corrected chi connectivity index (χ4v) is 6.46. The topological polar surface area (TPSA) is 55.6 Å². The fraction of sp³-hybridized carbons (Fsp3) is 0.194. The number of nitrogens with zero attached hydrogens (tertiary/aromatic N) is 4. The van der Waals surface area contributed by atoms with Crippen molar-refractivity contribution in [3.05, 3.63) is 143 Å². The van der Waals surface area contributed by atoms with E-state index in [4.69, 9.17) is 5.10 Å². The molecule has 7 rings (SSSR count). The lowest BCUT2D eigenvalue weighted by Crippen LogP contribution is -2.38. The van der Waals surface area contributed by atoms with E-state index in [1.54, 1.807) is 4.68 Å². The first-order chi connectivity index (χ1) is 21.6. The van der Waals surface area contributed by atoms with Crippen molar-refractivity contribution >= 4 is 16.9 Å². The summed E-state index contributed by atoms with van der Waals surface area (Å²) in [7, 11) is 0. The number of nitrogens with one attached hydrogen (secondary N) is 1. The Morgan fingerprint density at radius 3 is 1.82 bits per heavy atom. The lowest BCUT2D eigenvalue weighted by Gasteiger charge is -2.36. The second-order valence-corrected chi connectivity index (χ2v) is 11.2. The molecule has 3 aromatic heterocycles. The highest BCUT2D eigenvalue weighted by atomic mass is 19.1. The first-order valence-electron chi connectivity index (χ1n) is 14.9. The standard InChI is InChI=1S/C36H30F3N5/c37-27-21-29-32(33-30(38)22-31(39)34(42-33)41-28-19-11-4-12-20-28)43-44(35(29)40-23-27)36(24-13-5-1-6-14-24,25-15-7-2-8-16-25)26-17-9-3-10-18-26/h1-3,5-10,13-18,21-23,28H,4,11-12,19-20H2,(H,41,42). The highest BCUT2D eigenvalue weighted by Gasteiger charge is 2.42. The molecule has 0 unspecified atom stereocenters. The van der Waals surface area contributed by atoms with E-state index in [0.29, 0.717) is 5.65 Å². The molecule has 1 fully saturated rings. The summed E-state index contributed by atoms with van der Waals surface area (Å²) in [6.45, 7) is 0. The Bertz CT molecular complexity index is 1810. The molecule has 1 aliphatic carbocycles. The van der Waals surface area contributed by atoms with E-state index in [9.17, 15) is 4.39 Å². The zero-order valence-corrected chi connectivity index (χ0v) is 23.9. The van der Waals surface area contributed by atoms with Crippen LogP contribution in [0.4, 0.5) is 19.0 Å². The van der Waals surface area contributed by atoms with E-state index < -0.39 is 23.0 Å². The molecule has 1 aliphatic rings. The van der Waals surface area contributed by atoms with Crippen molar-refractivity contribution < 1.29 is 13.2 Å². The van der Waals surface area contributed by atoms with Gasteiger partial charge < -0.3 is 5.32 Å². The number of anilines is 1. The van der Waals surface area contributed by atoms with Crippen LogP contribution in [0.5, 0.6) is 0 Å². The summed E-state index contributed by atoms with van der Waals surface area (Å²) in [6.07, 6.45) is 6.10. The summed E-state index contributed by atoms with van der Waals surface area (Å²) in [5.41, 5.74) is 1.73. The number of fused-ring (bicyclic) bond motifs is 1. The number of hydrogen-bond donors (Lipinski definition) is 1. The van der Waals surface area contributed by atoms with E-state index in [0.717, 1.165) is 61.1 Å². The van der Waals surface area contributed by atoms with Gasteiger partial charge in [0.2, 0.25) is 0 Å². The SMILES string of the molecule is Fc1cnc2c(c1)c(-c1nc(NC3CCCCC3)c(F)cc1F)nn2C(c1ccccc1)(c1ccccc1)c1ccccc1. The van der Waals surface area contributed by atoms with Crippen molar-refractivity contribution in [2.24, 2.45) is 0 Å². The number of rotatable bonds is 7. The third kappa shape index (κ3) is 4.80. The number of halogens is 3. The summed E-state index contributed by atoms with van der Waals surface area (Å²) >= 11 is 0. The Morgan fingerprint density at radius 2 is 1.25 bits per heavy atom. The van der Waals surface area contributed by atoms with Crippen LogP contribution in [0.3, 0.4) is 0 Å². The summed E-state index contributed by atoms with van der Waals surface area (Å²) < 4.78 is 47.4. The molecule has 0 radical (unpaired) electrons. The van der Waals surface area contributed by atoms with Crippen LogP contribution in [0.2, 0.25) is 0 Å². The monoisotopic (exact) mass is 589 g/mol. The Hall–Kier alpha value is -4.98. The normalized spacial score (nSPS) is 14.2. The van der Waals surface area contributed by atoms with Crippen LogP contribution in [0, 0.1) is 17.5 Å². The molecule has 44 heavy (non-hydrogen) atoms. The molecule has 1 saturated carbocycles. The van der Waals surface area contributed by atoms with E-state index in [1.807, 2.05) is 91.0 Å². The van der Waals surface area contributed by atoms with Crippen molar-refractivity contribution in [2.75, 3.05) is 5.32 Å². The minimum absolute atomic E-state index is 0.0409. The molecule has 3 aromatic carbocycles. The Labute approximate surface area is 253 Å². The van der Waals surface area contributed by atoms with Gasteiger partial charge in [-0.15, -0.1) is 0 Å². The van der Waals surface area contributed by atoms with Crippen LogP contribution in [0.1, 0.15) is 48.8 Å². The lowest BCUT2D eigenvalue weighted by molar-refractivity contribution is 0.458. The zero-order chi connectivity index (χ0) is 30.1. The maximum absolute atomic E-state index is 15.7. The fourth-order valence-electron chi connectivity index (χ4n) is 6.46. The Balaban J connectivity index is 1.53. The smallest absolute Gasteiger partial charge is 0.168 e. The second kappa shape index (κ2) is 11.6. The number of aromatic nitrogens is 4. The minimum atomic E-state index is -1.09. The van der Waals surface area contributed by atoms with Crippen molar-refractivity contribution in [1.29, 1.82) is 0 Å². The van der Waals surface area contributed by atoms with Crippen LogP contribution in [0.15, 0.2) is 109 Å². The van der Waals surface area contributed by atoms with E-state index in [2.05, 4.69) is 15.3 Å². The van der Waals surface area contributed by atoms with Crippen LogP contribution in [-0.4, -0.2) is 25.8 Å². The summed E-state index contributed by atoms with van der Waals surface area (Å²) in [6, 6.07) is 31.6. The van der Waals surface area contributed by atoms with Gasteiger partial charge in [0.25, 0.3) is 0 Å². The van der Waals surface area contributed by atoms with Crippen molar-refractivity contribution in [3.63, 3.8) is 0 Å². The summed E-state index contributed by atoms with van der Waals surface area (Å²) in [4.78, 5) is 8.96. The van der Waals surface area contributed by atoms with Gasteiger partial charge in [0.15, 0.2) is 23.1 Å². The number of benzene rings is 3. The molecule has 0 atom stereocenters. The first kappa shape index (κ1) is 27.8. The quantitative estimate of drug-likeness (QED) is 0.190. The van der Waals surface area contributed by atoms with Gasteiger partial charge in [0, 0.05) is 12.1 Å². The van der Waals surface area contributed by atoms with Crippen molar-refractivity contribution in [3.8, 4) is 11.4 Å². The highest BCUT2D eigenvalue weighted by Crippen LogP contribution is 2.43. The predicted octanol–water partition coefficient (Wildman–Crippen LogP) is 8.50. The third-order valence-electron chi connectivity index (χ3n) is 8.48. The van der Waals surface area contributed by atoms with Gasteiger partial charge >= 0.3 is 0 Å². The predicted molar refractivity (Wildman–Crippen MR) is 166 cm³/mol. The molecule has 220 valence electrons. The highest BCUT2D eigenvalue weighted by molar-refractivity contribution is 5.91. The van der Waals surface area contributed by atoms with Gasteiger partial charge in [-0.2, -0.15) is 5.10 Å². The molecule has 0 spiro atoms. The lowest BCUT2D eigenvalue weighted by atomic mass is 9.77. The van der Waals surface area contributed by atoms with Crippen LogP contribution in [0.25, 0.3) is 22.4 Å². The van der Waals surface area contributed by atoms with Gasteiger partial charge in [-0.05, 0) is 35.6 Å². The molecular weight excluding hydrogens is 559 g/mol. The molecule has 8 heteroatoms. The molecular formula is C36H30F3N5. The molecule has 0 aliphatic heterocycles. The van der Waals surface area contributed by atoms with Crippen molar-refractivity contribution in [2.45, 2.75) is 43.7 Å². The Morgan fingerprint density at radius 1 is 0.682 bits per heavy atom. The second-order valence-electron chi connectivity index (χ2n) is 11.2. The molecule has 1 N–H and O–H groups in total. The van der Waals surface area contributed by atoms with Gasteiger partial charge in [0.05, 0.1) is 11.6 Å². The first-order valence-corrected chi connectivity index (χ1v) is 14.9. The van der Waals surface area contributed by atoms with E-state index in [1.165, 1.54) is 6.07 Å². The Kier molecular flexibility index (Phi) is 7.34. The summed E-state index contributed by atoms with van der Waals surface area (Å²) in [5, 5.41) is 8.46. The van der Waals surface area contributed by atoms with E-state index in [-0.39, 0.29) is 28.6 Å². The largest absolute Gasteiger partial charge is 0.365 e. The maximum atomic E-state index is 15.7. The van der Waals surface area contributed by atoms with Crippen LogP contribution in [-0.2, 0) is 5.54 Å². The van der Waals surface area contributed by atoms with Gasteiger partial charge in [-0.25, -0.2) is 27.8 Å². The zero-order valence-electron chi connectivity index (χ0n) is 23.9.